The Bertz CT molecular complexity index is 1490. The quantitative estimate of drug-likeness (QED) is 0.0243. The number of amides is 1. The number of phosphoric acid groups is 1. The van der Waals surface area contributed by atoms with Crippen molar-refractivity contribution < 1.29 is 32.9 Å². The van der Waals surface area contributed by atoms with Crippen LogP contribution >= 0.6 is 7.82 Å². The SMILES string of the molecule is CCCCCCC/C=C\C/C=C\C/C=C\CCCCCCCCCCCCCCCCCCC(=O)NC(COP(=O)(O)OCC[N+](C)(C)C)C(O)/C=C/CC/C=C/CCCCCCCCCCCCCCCCCCCCCCC. The number of carbonyl (C=O) groups excluding carboxylic acids is 1. The van der Waals surface area contributed by atoms with Crippen molar-refractivity contribution in [2.45, 2.75) is 347 Å². The summed E-state index contributed by atoms with van der Waals surface area (Å²) in [5, 5.41) is 14.0. The normalized spacial score (nSPS) is 14.0. The molecule has 3 unspecified atom stereocenters. The van der Waals surface area contributed by atoms with Crippen molar-refractivity contribution in [1.29, 1.82) is 0 Å². The lowest BCUT2D eigenvalue weighted by Crippen LogP contribution is -2.45. The summed E-state index contributed by atoms with van der Waals surface area (Å²) in [6.07, 6.45) is 85.1. The van der Waals surface area contributed by atoms with Crippen LogP contribution in [0.4, 0.5) is 0 Å². The molecule has 1 amide bonds. The average Bonchev–Trinajstić information content (AvgIpc) is 3.42. The number of rotatable bonds is 64. The van der Waals surface area contributed by atoms with E-state index >= 15 is 0 Å². The van der Waals surface area contributed by atoms with E-state index in [0.29, 0.717) is 17.4 Å². The van der Waals surface area contributed by atoms with Gasteiger partial charge in [-0.1, -0.05) is 319 Å². The highest BCUT2D eigenvalue weighted by Gasteiger charge is 2.28. The van der Waals surface area contributed by atoms with Crippen molar-refractivity contribution >= 4 is 13.7 Å². The van der Waals surface area contributed by atoms with Gasteiger partial charge in [-0.2, -0.15) is 0 Å². The molecule has 0 aromatic rings. The number of nitrogens with zero attached hydrogens (tertiary/aromatic N) is 1. The van der Waals surface area contributed by atoms with E-state index in [2.05, 4.69) is 67.8 Å². The molecule has 8 nitrogen and oxygen atoms in total. The molecular weight excluding hydrogens is 1010 g/mol. The molecule has 0 heterocycles. The maximum absolute atomic E-state index is 13.0. The summed E-state index contributed by atoms with van der Waals surface area (Å²) in [7, 11) is 1.56. The lowest BCUT2D eigenvalue weighted by Gasteiger charge is -2.25. The van der Waals surface area contributed by atoms with Crippen LogP contribution in [0.15, 0.2) is 60.8 Å². The highest BCUT2D eigenvalue weighted by Crippen LogP contribution is 2.43. The number of aliphatic hydroxyl groups is 1. The molecule has 3 atom stereocenters. The van der Waals surface area contributed by atoms with Gasteiger partial charge in [0.2, 0.25) is 5.91 Å². The van der Waals surface area contributed by atoms with E-state index in [0.717, 1.165) is 51.4 Å². The molecule has 9 heteroatoms. The third-order valence-electron chi connectivity index (χ3n) is 15.7. The largest absolute Gasteiger partial charge is 0.472 e. The zero-order valence-corrected chi connectivity index (χ0v) is 54.7. The number of unbranched alkanes of at least 4 members (excludes halogenated alkanes) is 43. The molecule has 470 valence electrons. The molecule has 0 aromatic heterocycles. The molecule has 3 N–H and O–H groups in total. The van der Waals surface area contributed by atoms with E-state index in [1.54, 1.807) is 6.08 Å². The molecule has 80 heavy (non-hydrogen) atoms. The van der Waals surface area contributed by atoms with Gasteiger partial charge in [-0.05, 0) is 70.6 Å². The van der Waals surface area contributed by atoms with Crippen molar-refractivity contribution in [3.05, 3.63) is 60.8 Å². The number of aliphatic hydroxyl groups excluding tert-OH is 1. The number of phosphoric ester groups is 1. The molecule has 0 aliphatic carbocycles. The van der Waals surface area contributed by atoms with Crippen LogP contribution in [0.2, 0.25) is 0 Å². The van der Waals surface area contributed by atoms with Crippen LogP contribution in [0.3, 0.4) is 0 Å². The summed E-state index contributed by atoms with van der Waals surface area (Å²) in [5.74, 6) is -0.183. The van der Waals surface area contributed by atoms with E-state index in [1.807, 2.05) is 27.2 Å². The monoisotopic (exact) mass is 1140 g/mol. The zero-order chi connectivity index (χ0) is 58.4. The summed E-state index contributed by atoms with van der Waals surface area (Å²) in [6, 6.07) is -0.867. The van der Waals surface area contributed by atoms with Crippen LogP contribution in [0.5, 0.6) is 0 Å². The molecule has 0 aliphatic heterocycles. The highest BCUT2D eigenvalue weighted by atomic mass is 31.2. The fraction of sp³-hybridized carbons (Fsp3) is 0.845. The number of likely N-dealkylation sites (N-methyl/N-ethyl adjacent to an activating group) is 1. The zero-order valence-electron chi connectivity index (χ0n) is 53.8. The fourth-order valence-electron chi connectivity index (χ4n) is 10.3. The first-order chi connectivity index (χ1) is 39.0. The summed E-state index contributed by atoms with van der Waals surface area (Å²) < 4.78 is 23.8. The van der Waals surface area contributed by atoms with Crippen LogP contribution in [-0.4, -0.2) is 73.4 Å². The molecule has 0 spiro atoms. The fourth-order valence-corrected chi connectivity index (χ4v) is 11.0. The Morgan fingerprint density at radius 2 is 0.725 bits per heavy atom. The third kappa shape index (κ3) is 63.8. The van der Waals surface area contributed by atoms with Gasteiger partial charge in [-0.15, -0.1) is 0 Å². The number of nitrogens with one attached hydrogen (secondary N) is 1. The number of hydrogen-bond acceptors (Lipinski definition) is 5. The first kappa shape index (κ1) is 78.2. The van der Waals surface area contributed by atoms with Crippen molar-refractivity contribution in [3.8, 4) is 0 Å². The summed E-state index contributed by atoms with van der Waals surface area (Å²) in [5.41, 5.74) is 0. The van der Waals surface area contributed by atoms with E-state index in [9.17, 15) is 19.4 Å². The Labute approximate surface area is 498 Å². The molecule has 0 aliphatic rings. The topological polar surface area (TPSA) is 105 Å². The first-order valence-corrected chi connectivity index (χ1v) is 36.2. The van der Waals surface area contributed by atoms with Crippen LogP contribution < -0.4 is 5.32 Å². The molecule has 0 saturated heterocycles. The molecule has 0 rings (SSSR count). The van der Waals surface area contributed by atoms with Gasteiger partial charge in [-0.3, -0.25) is 13.8 Å². The highest BCUT2D eigenvalue weighted by molar-refractivity contribution is 7.47. The van der Waals surface area contributed by atoms with E-state index in [-0.39, 0.29) is 19.1 Å². The van der Waals surface area contributed by atoms with Crippen molar-refractivity contribution in [1.82, 2.24) is 5.32 Å². The standard InChI is InChI=1S/C71H135N2O6P/c1-6-8-10-12-14-16-18-20-22-24-26-28-30-32-34-35-36-37-39-41-43-45-47-49-51-53-55-57-59-61-63-65-71(75)72-69(68-79-80(76,77)78-67-66-73(3,4)5)70(74)64-62-60-58-56-54-52-50-48-46-44-42-40-38-33-31-29-27-25-23-21-19-17-15-13-11-9-7-2/h18,20,24,26,30,32,54,56,62,64,69-70,74H,6-17,19,21-23,25,27-29,31,33-53,55,57-61,63,65-68H2,1-5H3,(H-,72,75,76,77)/p+1/b20-18-,26-24-,32-30-,56-54+,64-62+. The number of hydrogen-bond donors (Lipinski definition) is 3. The second-order valence-electron chi connectivity index (χ2n) is 24.9. The Kier molecular flexibility index (Phi) is 60.4. The summed E-state index contributed by atoms with van der Waals surface area (Å²) >= 11 is 0. The molecule has 0 fully saturated rings. The van der Waals surface area contributed by atoms with E-state index < -0.39 is 20.0 Å². The minimum absolute atomic E-state index is 0.0558. The van der Waals surface area contributed by atoms with E-state index in [4.69, 9.17) is 9.05 Å². The van der Waals surface area contributed by atoms with E-state index in [1.165, 1.54) is 263 Å². The smallest absolute Gasteiger partial charge is 0.387 e. The lowest BCUT2D eigenvalue weighted by atomic mass is 10.0. The van der Waals surface area contributed by atoms with Crippen LogP contribution in [-0.2, 0) is 18.4 Å². The Hall–Kier alpha value is -1.80. The molecule has 0 bridgehead atoms. The maximum Gasteiger partial charge on any atom is 0.472 e. The van der Waals surface area contributed by atoms with Crippen LogP contribution in [0, 0.1) is 0 Å². The number of allylic oxidation sites excluding steroid dienone is 9. The van der Waals surface area contributed by atoms with Gasteiger partial charge >= 0.3 is 7.82 Å². The Balaban J connectivity index is 4.11. The maximum atomic E-state index is 13.0. The van der Waals surface area contributed by atoms with Gasteiger partial charge in [-0.25, -0.2) is 4.57 Å². The van der Waals surface area contributed by atoms with Crippen LogP contribution in [0.1, 0.15) is 335 Å². The second-order valence-corrected chi connectivity index (χ2v) is 26.4. The first-order valence-electron chi connectivity index (χ1n) is 34.7. The minimum Gasteiger partial charge on any atom is -0.387 e. The Morgan fingerprint density at radius 1 is 0.425 bits per heavy atom. The number of quaternary nitrogens is 1. The van der Waals surface area contributed by atoms with Gasteiger partial charge in [0.1, 0.15) is 13.2 Å². The van der Waals surface area contributed by atoms with Gasteiger partial charge in [0, 0.05) is 6.42 Å². The lowest BCUT2D eigenvalue weighted by molar-refractivity contribution is -0.870. The summed E-state index contributed by atoms with van der Waals surface area (Å²) in [6.45, 7) is 4.83. The van der Waals surface area contributed by atoms with Crippen LogP contribution in [0.25, 0.3) is 0 Å². The van der Waals surface area contributed by atoms with Gasteiger partial charge in [0.25, 0.3) is 0 Å². The minimum atomic E-state index is -4.36. The molecule has 0 saturated carbocycles. The second kappa shape index (κ2) is 61.8. The summed E-state index contributed by atoms with van der Waals surface area (Å²) in [4.78, 5) is 23.4. The number of carbonyl (C=O) groups is 1. The Morgan fingerprint density at radius 3 is 1.09 bits per heavy atom. The van der Waals surface area contributed by atoms with Crippen molar-refractivity contribution in [2.24, 2.45) is 0 Å². The molecule has 0 aromatic carbocycles. The van der Waals surface area contributed by atoms with Gasteiger partial charge in [0.05, 0.1) is 39.9 Å². The van der Waals surface area contributed by atoms with Crippen molar-refractivity contribution in [2.75, 3.05) is 40.9 Å². The van der Waals surface area contributed by atoms with Crippen molar-refractivity contribution in [3.63, 3.8) is 0 Å². The average molecular weight is 1140 g/mol. The third-order valence-corrected chi connectivity index (χ3v) is 16.7. The predicted molar refractivity (Wildman–Crippen MR) is 350 cm³/mol. The van der Waals surface area contributed by atoms with Gasteiger partial charge < -0.3 is 19.8 Å². The predicted octanol–water partition coefficient (Wildman–Crippen LogP) is 22.0. The molecular formula is C71H136N2O6P+. The van der Waals surface area contributed by atoms with Gasteiger partial charge in [0.15, 0.2) is 0 Å². The molecule has 0 radical (unpaired) electrons.